The van der Waals surface area contributed by atoms with E-state index in [0.717, 1.165) is 0 Å². The number of benzene rings is 1. The molecule has 92 valence electrons. The van der Waals surface area contributed by atoms with Crippen LogP contribution in [0, 0.1) is 0 Å². The van der Waals surface area contributed by atoms with Crippen LogP contribution in [-0.4, -0.2) is 17.7 Å². The largest absolute Gasteiger partial charge is 0.463 e. The Morgan fingerprint density at radius 2 is 2.18 bits per heavy atom. The van der Waals surface area contributed by atoms with Gasteiger partial charge in [0.25, 0.3) is 0 Å². The van der Waals surface area contributed by atoms with Crippen molar-refractivity contribution in [3.8, 4) is 0 Å². The molecule has 1 aromatic rings. The molecule has 0 bridgehead atoms. The first-order valence-corrected chi connectivity index (χ1v) is 5.75. The van der Waals surface area contributed by atoms with E-state index >= 15 is 0 Å². The van der Waals surface area contributed by atoms with Crippen LogP contribution in [0.2, 0.25) is 5.02 Å². The summed E-state index contributed by atoms with van der Waals surface area (Å²) in [6.45, 7) is 3.66. The Morgan fingerprint density at radius 3 is 2.71 bits per heavy atom. The summed E-state index contributed by atoms with van der Waals surface area (Å²) in [7, 11) is 0. The number of ether oxygens (including phenoxy) is 1. The van der Waals surface area contributed by atoms with Crippen LogP contribution >= 0.6 is 11.6 Å². The number of aliphatic hydroxyl groups excluding tert-OH is 1. The van der Waals surface area contributed by atoms with Gasteiger partial charge in [0.05, 0.1) is 12.2 Å². The predicted octanol–water partition coefficient (Wildman–Crippen LogP) is 2.88. The minimum atomic E-state index is -1.06. The maximum absolute atomic E-state index is 11.6. The molecule has 17 heavy (non-hydrogen) atoms. The molecule has 1 N–H and O–H groups in total. The van der Waals surface area contributed by atoms with Crippen molar-refractivity contribution in [3.63, 3.8) is 0 Å². The Hall–Kier alpha value is -1.32. The van der Waals surface area contributed by atoms with Gasteiger partial charge in [-0.05, 0) is 19.9 Å². The van der Waals surface area contributed by atoms with Crippen LogP contribution in [0.15, 0.2) is 35.9 Å². The zero-order valence-corrected chi connectivity index (χ0v) is 10.6. The summed E-state index contributed by atoms with van der Waals surface area (Å²) >= 11 is 5.96. The van der Waals surface area contributed by atoms with Crippen molar-refractivity contribution in [2.45, 2.75) is 20.0 Å². The van der Waals surface area contributed by atoms with Crippen LogP contribution in [-0.2, 0) is 9.53 Å². The van der Waals surface area contributed by atoms with Crippen molar-refractivity contribution in [1.29, 1.82) is 0 Å². The van der Waals surface area contributed by atoms with E-state index < -0.39 is 12.1 Å². The average molecular weight is 255 g/mol. The minimum absolute atomic E-state index is 0.194. The molecule has 0 aromatic heterocycles. The fourth-order valence-corrected chi connectivity index (χ4v) is 1.71. The first-order chi connectivity index (χ1) is 8.11. The molecule has 3 nitrogen and oxygen atoms in total. The van der Waals surface area contributed by atoms with Crippen LogP contribution in [0.3, 0.4) is 0 Å². The van der Waals surface area contributed by atoms with E-state index in [1.807, 2.05) is 0 Å². The normalized spacial score (nSPS) is 13.3. The molecule has 0 spiro atoms. The molecule has 0 aliphatic rings. The molecular weight excluding hydrogens is 240 g/mol. The molecule has 1 atom stereocenters. The standard InChI is InChI=1S/C13H15ClO3/c1-3-9(13(16)17-4-2)12(15)10-7-5-6-8-11(10)14/h3,5-8,12,15H,4H2,1-2H3/b9-3-. The molecule has 0 saturated heterocycles. The lowest BCUT2D eigenvalue weighted by atomic mass is 10.0. The Bertz CT molecular complexity index is 426. The van der Waals surface area contributed by atoms with Gasteiger partial charge in [-0.2, -0.15) is 0 Å². The van der Waals surface area contributed by atoms with Crippen LogP contribution < -0.4 is 0 Å². The molecule has 0 saturated carbocycles. The van der Waals surface area contributed by atoms with Crippen molar-refractivity contribution >= 4 is 17.6 Å². The van der Waals surface area contributed by atoms with Crippen LogP contribution in [0.25, 0.3) is 0 Å². The zero-order chi connectivity index (χ0) is 12.8. The second kappa shape index (κ2) is 6.42. The molecule has 1 unspecified atom stereocenters. The van der Waals surface area contributed by atoms with Gasteiger partial charge in [0.1, 0.15) is 6.10 Å². The second-order valence-electron chi connectivity index (χ2n) is 3.39. The van der Waals surface area contributed by atoms with E-state index in [1.54, 1.807) is 38.1 Å². The third-order valence-electron chi connectivity index (χ3n) is 2.32. The summed E-state index contributed by atoms with van der Waals surface area (Å²) in [4.78, 5) is 11.6. The highest BCUT2D eigenvalue weighted by atomic mass is 35.5. The van der Waals surface area contributed by atoms with E-state index in [4.69, 9.17) is 16.3 Å². The molecule has 0 heterocycles. The third-order valence-corrected chi connectivity index (χ3v) is 2.66. The number of hydrogen-bond acceptors (Lipinski definition) is 3. The van der Waals surface area contributed by atoms with Gasteiger partial charge in [-0.15, -0.1) is 0 Å². The highest BCUT2D eigenvalue weighted by Gasteiger charge is 2.22. The molecular formula is C13H15ClO3. The van der Waals surface area contributed by atoms with E-state index in [-0.39, 0.29) is 12.2 Å². The quantitative estimate of drug-likeness (QED) is 0.664. The van der Waals surface area contributed by atoms with E-state index in [2.05, 4.69) is 0 Å². The SMILES string of the molecule is C/C=C(\C(=O)OCC)C(O)c1ccccc1Cl. The topological polar surface area (TPSA) is 46.5 Å². The average Bonchev–Trinajstić information content (AvgIpc) is 2.30. The maximum Gasteiger partial charge on any atom is 0.336 e. The fourth-order valence-electron chi connectivity index (χ4n) is 1.47. The molecule has 0 aliphatic carbocycles. The van der Waals surface area contributed by atoms with Crippen molar-refractivity contribution in [3.05, 3.63) is 46.5 Å². The minimum Gasteiger partial charge on any atom is -0.463 e. The number of hydrogen-bond donors (Lipinski definition) is 1. The van der Waals surface area contributed by atoms with Gasteiger partial charge in [-0.1, -0.05) is 35.9 Å². The van der Waals surface area contributed by atoms with Crippen molar-refractivity contribution in [1.82, 2.24) is 0 Å². The molecule has 0 radical (unpaired) electrons. The molecule has 4 heteroatoms. The van der Waals surface area contributed by atoms with Gasteiger partial charge in [0.2, 0.25) is 0 Å². The smallest absolute Gasteiger partial charge is 0.336 e. The summed E-state index contributed by atoms with van der Waals surface area (Å²) in [5.74, 6) is -0.526. The van der Waals surface area contributed by atoms with Crippen LogP contribution in [0.1, 0.15) is 25.5 Å². The van der Waals surface area contributed by atoms with Crippen LogP contribution in [0.5, 0.6) is 0 Å². The Kier molecular flexibility index (Phi) is 5.19. The van der Waals surface area contributed by atoms with Crippen molar-refractivity contribution < 1.29 is 14.6 Å². The van der Waals surface area contributed by atoms with Crippen LogP contribution in [0.4, 0.5) is 0 Å². The Labute approximate surface area is 106 Å². The second-order valence-corrected chi connectivity index (χ2v) is 3.80. The highest BCUT2D eigenvalue weighted by molar-refractivity contribution is 6.31. The van der Waals surface area contributed by atoms with E-state index in [1.165, 1.54) is 6.08 Å². The number of rotatable bonds is 4. The van der Waals surface area contributed by atoms with Gasteiger partial charge in [-0.3, -0.25) is 0 Å². The number of halogens is 1. The molecule has 1 aromatic carbocycles. The summed E-state index contributed by atoms with van der Waals surface area (Å²) in [5.41, 5.74) is 0.690. The number of carbonyl (C=O) groups excluding carboxylic acids is 1. The lowest BCUT2D eigenvalue weighted by Crippen LogP contribution is -2.14. The number of allylic oxidation sites excluding steroid dienone is 1. The summed E-state index contributed by atoms with van der Waals surface area (Å²) in [6.07, 6.45) is 0.471. The summed E-state index contributed by atoms with van der Waals surface area (Å²) in [6, 6.07) is 6.86. The van der Waals surface area contributed by atoms with E-state index in [0.29, 0.717) is 10.6 Å². The fraction of sp³-hybridized carbons (Fsp3) is 0.308. The lowest BCUT2D eigenvalue weighted by Gasteiger charge is -2.15. The zero-order valence-electron chi connectivity index (χ0n) is 9.81. The predicted molar refractivity (Wildman–Crippen MR) is 66.8 cm³/mol. The monoisotopic (exact) mass is 254 g/mol. The highest BCUT2D eigenvalue weighted by Crippen LogP contribution is 2.28. The van der Waals surface area contributed by atoms with Gasteiger partial charge >= 0.3 is 5.97 Å². The molecule has 0 aliphatic heterocycles. The molecule has 0 fully saturated rings. The Morgan fingerprint density at radius 1 is 1.53 bits per heavy atom. The third kappa shape index (κ3) is 3.32. The van der Waals surface area contributed by atoms with E-state index in [9.17, 15) is 9.90 Å². The van der Waals surface area contributed by atoms with Gasteiger partial charge in [0.15, 0.2) is 0 Å². The van der Waals surface area contributed by atoms with Crippen molar-refractivity contribution in [2.24, 2.45) is 0 Å². The number of esters is 1. The number of aliphatic hydroxyl groups is 1. The van der Waals surface area contributed by atoms with Gasteiger partial charge in [-0.25, -0.2) is 4.79 Å². The van der Waals surface area contributed by atoms with Gasteiger partial charge in [0, 0.05) is 10.6 Å². The first kappa shape index (κ1) is 13.7. The van der Waals surface area contributed by atoms with Gasteiger partial charge < -0.3 is 9.84 Å². The summed E-state index contributed by atoms with van der Waals surface area (Å²) < 4.78 is 4.87. The maximum atomic E-state index is 11.6. The summed E-state index contributed by atoms with van der Waals surface area (Å²) in [5, 5.41) is 10.5. The molecule has 1 rings (SSSR count). The van der Waals surface area contributed by atoms with Crippen molar-refractivity contribution in [2.75, 3.05) is 6.61 Å². The Balaban J connectivity index is 2.99. The number of carbonyl (C=O) groups is 1. The lowest BCUT2D eigenvalue weighted by molar-refractivity contribution is -0.139. The first-order valence-electron chi connectivity index (χ1n) is 5.37. The molecule has 0 amide bonds.